The van der Waals surface area contributed by atoms with Crippen molar-refractivity contribution in [3.05, 3.63) is 75.5 Å². The number of aliphatic hydroxyl groups excluding tert-OH is 1. The summed E-state index contributed by atoms with van der Waals surface area (Å²) in [7, 11) is 0. The second-order valence-electron chi connectivity index (χ2n) is 8.71. The summed E-state index contributed by atoms with van der Waals surface area (Å²) >= 11 is 12.6. The third-order valence-corrected chi connectivity index (χ3v) is 7.34. The molecule has 7 heteroatoms. The van der Waals surface area contributed by atoms with Crippen molar-refractivity contribution >= 4 is 29.1 Å². The van der Waals surface area contributed by atoms with Crippen molar-refractivity contribution < 1.29 is 9.90 Å². The van der Waals surface area contributed by atoms with Crippen LogP contribution in [0.5, 0.6) is 0 Å². The van der Waals surface area contributed by atoms with Gasteiger partial charge in [-0.3, -0.25) is 9.48 Å². The lowest BCUT2D eigenvalue weighted by atomic mass is 9.84. The lowest BCUT2D eigenvalue weighted by Crippen LogP contribution is -2.49. The van der Waals surface area contributed by atoms with Gasteiger partial charge in [0.2, 0.25) is 5.91 Å². The van der Waals surface area contributed by atoms with Crippen LogP contribution in [0.3, 0.4) is 0 Å². The fourth-order valence-corrected chi connectivity index (χ4v) is 5.36. The Morgan fingerprint density at radius 2 is 1.88 bits per heavy atom. The first-order valence-corrected chi connectivity index (χ1v) is 11.7. The normalized spacial score (nSPS) is 20.3. The lowest BCUT2D eigenvalue weighted by molar-refractivity contribution is -0.137. The van der Waals surface area contributed by atoms with Crippen molar-refractivity contribution in [3.63, 3.8) is 0 Å². The molecule has 2 aliphatic rings. The summed E-state index contributed by atoms with van der Waals surface area (Å²) in [6, 6.07) is 11.5. The molecular weight excluding hydrogens is 445 g/mol. The SMILES string of the molecule is C[C@H]1c2cccc(-c3cnn(C4CC4)c3)c2C[C@H](CO)N1C(=O)Cc1c(Cl)cccc1Cl. The zero-order chi connectivity index (χ0) is 22.4. The molecule has 2 heterocycles. The highest BCUT2D eigenvalue weighted by Crippen LogP contribution is 2.40. The van der Waals surface area contributed by atoms with Crippen LogP contribution in [-0.4, -0.2) is 38.3 Å². The van der Waals surface area contributed by atoms with Gasteiger partial charge in [0.15, 0.2) is 0 Å². The molecule has 0 spiro atoms. The average molecular weight is 470 g/mol. The maximum Gasteiger partial charge on any atom is 0.227 e. The molecule has 3 aromatic rings. The number of hydrogen-bond acceptors (Lipinski definition) is 3. The van der Waals surface area contributed by atoms with E-state index in [4.69, 9.17) is 23.2 Å². The van der Waals surface area contributed by atoms with Gasteiger partial charge in [0.25, 0.3) is 0 Å². The summed E-state index contributed by atoms with van der Waals surface area (Å²) in [5, 5.41) is 15.7. The zero-order valence-electron chi connectivity index (χ0n) is 17.8. The van der Waals surface area contributed by atoms with Crippen molar-refractivity contribution in [2.75, 3.05) is 6.61 Å². The first-order valence-electron chi connectivity index (χ1n) is 11.0. The highest BCUT2D eigenvalue weighted by Gasteiger charge is 2.36. The number of halogens is 2. The first kappa shape index (κ1) is 21.5. The van der Waals surface area contributed by atoms with Gasteiger partial charge in [-0.05, 0) is 60.6 Å². The number of fused-ring (bicyclic) bond motifs is 1. The molecule has 0 saturated heterocycles. The summed E-state index contributed by atoms with van der Waals surface area (Å²) in [5.74, 6) is -0.0934. The molecular formula is C25H25Cl2N3O2. The Hall–Kier alpha value is -2.34. The molecule has 1 saturated carbocycles. The number of amides is 1. The smallest absolute Gasteiger partial charge is 0.227 e. The molecule has 32 heavy (non-hydrogen) atoms. The number of carbonyl (C=O) groups is 1. The topological polar surface area (TPSA) is 58.4 Å². The second kappa shape index (κ2) is 8.54. The van der Waals surface area contributed by atoms with Crippen LogP contribution in [0.15, 0.2) is 48.8 Å². The van der Waals surface area contributed by atoms with E-state index in [0.29, 0.717) is 28.1 Å². The van der Waals surface area contributed by atoms with E-state index < -0.39 is 0 Å². The van der Waals surface area contributed by atoms with Gasteiger partial charge in [0.1, 0.15) is 0 Å². The zero-order valence-corrected chi connectivity index (χ0v) is 19.4. The minimum atomic E-state index is -0.314. The van der Waals surface area contributed by atoms with Crippen LogP contribution in [0.25, 0.3) is 11.1 Å². The molecule has 1 amide bonds. The molecule has 2 aromatic carbocycles. The van der Waals surface area contributed by atoms with E-state index in [0.717, 1.165) is 16.7 Å². The van der Waals surface area contributed by atoms with Gasteiger partial charge < -0.3 is 10.0 Å². The molecule has 1 fully saturated rings. The van der Waals surface area contributed by atoms with Crippen LogP contribution in [0, 0.1) is 0 Å². The van der Waals surface area contributed by atoms with E-state index in [1.54, 1.807) is 23.1 Å². The summed E-state index contributed by atoms with van der Waals surface area (Å²) in [6.45, 7) is 1.91. The van der Waals surface area contributed by atoms with Crippen molar-refractivity contribution in [2.45, 2.75) is 50.7 Å². The lowest BCUT2D eigenvalue weighted by Gasteiger charge is -2.42. The number of hydrogen-bond donors (Lipinski definition) is 1. The highest BCUT2D eigenvalue weighted by molar-refractivity contribution is 6.36. The van der Waals surface area contributed by atoms with Gasteiger partial charge in [-0.1, -0.05) is 47.5 Å². The largest absolute Gasteiger partial charge is 0.394 e. The van der Waals surface area contributed by atoms with Crippen molar-refractivity contribution in [3.8, 4) is 11.1 Å². The van der Waals surface area contributed by atoms with E-state index in [-0.39, 0.29) is 31.0 Å². The van der Waals surface area contributed by atoms with Gasteiger partial charge in [0, 0.05) is 21.8 Å². The third-order valence-electron chi connectivity index (χ3n) is 6.63. The first-order chi connectivity index (χ1) is 15.5. The third kappa shape index (κ3) is 3.83. The van der Waals surface area contributed by atoms with Crippen LogP contribution >= 0.6 is 23.2 Å². The quantitative estimate of drug-likeness (QED) is 0.555. The monoisotopic (exact) mass is 469 g/mol. The molecule has 0 radical (unpaired) electrons. The van der Waals surface area contributed by atoms with E-state index in [2.05, 4.69) is 23.4 Å². The molecule has 1 aromatic heterocycles. The molecule has 0 unspecified atom stereocenters. The fraction of sp³-hybridized carbons (Fsp3) is 0.360. The molecule has 2 atom stereocenters. The average Bonchev–Trinajstić information content (AvgIpc) is 3.52. The van der Waals surface area contributed by atoms with Crippen molar-refractivity contribution in [1.29, 1.82) is 0 Å². The molecule has 5 nitrogen and oxygen atoms in total. The van der Waals surface area contributed by atoms with E-state index >= 15 is 0 Å². The van der Waals surface area contributed by atoms with Crippen LogP contribution in [0.4, 0.5) is 0 Å². The number of aliphatic hydroxyl groups is 1. The number of nitrogens with zero attached hydrogens (tertiary/aromatic N) is 3. The Bertz CT molecular complexity index is 1150. The molecule has 5 rings (SSSR count). The standard InChI is InChI=1S/C25H25Cl2N3O2/c1-15-19-4-2-5-20(16-12-28-29(13-16)17-8-9-17)21(19)10-18(14-31)30(15)25(32)11-22-23(26)6-3-7-24(22)27/h2-7,12-13,15,17-18,31H,8-11,14H2,1H3/t15-,18+/m0/s1. The molecule has 1 aliphatic heterocycles. The predicted molar refractivity (Wildman–Crippen MR) is 126 cm³/mol. The summed E-state index contributed by atoms with van der Waals surface area (Å²) < 4.78 is 2.05. The number of rotatable bonds is 5. The highest BCUT2D eigenvalue weighted by atomic mass is 35.5. The Morgan fingerprint density at radius 1 is 1.16 bits per heavy atom. The molecule has 1 N–H and O–H groups in total. The van der Waals surface area contributed by atoms with E-state index in [1.165, 1.54) is 18.4 Å². The van der Waals surface area contributed by atoms with Crippen molar-refractivity contribution in [1.82, 2.24) is 14.7 Å². The minimum absolute atomic E-state index is 0.0934. The number of carbonyl (C=O) groups excluding carboxylic acids is 1. The van der Waals surface area contributed by atoms with E-state index in [1.807, 2.05) is 23.9 Å². The molecule has 1 aliphatic carbocycles. The van der Waals surface area contributed by atoms with E-state index in [9.17, 15) is 9.90 Å². The van der Waals surface area contributed by atoms with Crippen LogP contribution in [-0.2, 0) is 17.6 Å². The molecule has 166 valence electrons. The summed E-state index contributed by atoms with van der Waals surface area (Å²) in [5.41, 5.74) is 5.11. The van der Waals surface area contributed by atoms with Gasteiger partial charge in [-0.25, -0.2) is 0 Å². The number of benzene rings is 2. The Kier molecular flexibility index (Phi) is 5.74. The van der Waals surface area contributed by atoms with Crippen LogP contribution < -0.4 is 0 Å². The van der Waals surface area contributed by atoms with Crippen molar-refractivity contribution in [2.24, 2.45) is 0 Å². The molecule has 0 bridgehead atoms. The Balaban J connectivity index is 1.48. The fourth-order valence-electron chi connectivity index (χ4n) is 4.83. The van der Waals surface area contributed by atoms with Gasteiger partial charge in [0.05, 0.1) is 37.4 Å². The van der Waals surface area contributed by atoms with Crippen LogP contribution in [0.2, 0.25) is 10.0 Å². The minimum Gasteiger partial charge on any atom is -0.394 e. The maximum absolute atomic E-state index is 13.4. The maximum atomic E-state index is 13.4. The van der Waals surface area contributed by atoms with Crippen LogP contribution in [0.1, 0.15) is 48.5 Å². The number of aromatic nitrogens is 2. The summed E-state index contributed by atoms with van der Waals surface area (Å²) in [4.78, 5) is 15.2. The van der Waals surface area contributed by atoms with Gasteiger partial charge in [-0.15, -0.1) is 0 Å². The predicted octanol–water partition coefficient (Wildman–Crippen LogP) is 5.24. The summed E-state index contributed by atoms with van der Waals surface area (Å²) in [6.07, 6.45) is 7.09. The van der Waals surface area contributed by atoms with Gasteiger partial charge in [-0.2, -0.15) is 5.10 Å². The Labute approximate surface area is 197 Å². The second-order valence-corrected chi connectivity index (χ2v) is 9.52. The van der Waals surface area contributed by atoms with Gasteiger partial charge >= 0.3 is 0 Å². The Morgan fingerprint density at radius 3 is 2.56 bits per heavy atom.